The van der Waals surface area contributed by atoms with Crippen LogP contribution in [0.4, 0.5) is 0 Å². The summed E-state index contributed by atoms with van der Waals surface area (Å²) in [5, 5.41) is 0. The zero-order valence-corrected chi connectivity index (χ0v) is 13.2. The van der Waals surface area contributed by atoms with Crippen molar-refractivity contribution in [3.8, 4) is 0 Å². The maximum absolute atomic E-state index is 11.2. The molecule has 0 spiro atoms. The third-order valence-corrected chi connectivity index (χ3v) is 5.16. The van der Waals surface area contributed by atoms with E-state index in [0.717, 1.165) is 18.5 Å². The molecule has 0 aliphatic rings. The van der Waals surface area contributed by atoms with Gasteiger partial charge in [0.05, 0.1) is 0 Å². The molecule has 0 aromatic carbocycles. The quantitative estimate of drug-likeness (QED) is 0.390. The summed E-state index contributed by atoms with van der Waals surface area (Å²) >= 11 is 6.31. The molecule has 0 heterocycles. The maximum Gasteiger partial charge on any atom is 0.208 e. The lowest BCUT2D eigenvalue weighted by molar-refractivity contribution is 0.518. The van der Waals surface area contributed by atoms with Crippen molar-refractivity contribution in [3.63, 3.8) is 0 Å². The zero-order chi connectivity index (χ0) is 11.0. The topological polar surface area (TPSA) is 17.1 Å². The molecule has 0 fully saturated rings. The Balaban J connectivity index is 3.11. The van der Waals surface area contributed by atoms with Gasteiger partial charge in [0.2, 0.25) is 4.55 Å². The molecule has 0 bridgehead atoms. The second-order valence-electron chi connectivity index (χ2n) is 4.24. The van der Waals surface area contributed by atoms with Crippen LogP contribution < -0.4 is 0 Å². The Hall–Kier alpha value is 1.19. The van der Waals surface area contributed by atoms with Gasteiger partial charge in [-0.1, -0.05) is 46.0 Å². The van der Waals surface area contributed by atoms with E-state index in [2.05, 4.69) is 44.8 Å². The van der Waals surface area contributed by atoms with Crippen LogP contribution in [0.3, 0.4) is 0 Å². The van der Waals surface area contributed by atoms with Crippen molar-refractivity contribution in [3.05, 3.63) is 0 Å². The van der Waals surface area contributed by atoms with Crippen molar-refractivity contribution >= 4 is 35.5 Å². The van der Waals surface area contributed by atoms with Crippen molar-refractivity contribution in [1.82, 2.24) is 0 Å². The van der Waals surface area contributed by atoms with E-state index in [4.69, 9.17) is 0 Å². The molecule has 0 N–H and O–H groups in total. The Bertz CT molecular complexity index is 177. The summed E-state index contributed by atoms with van der Waals surface area (Å²) in [4.78, 5) is 0. The SMILES string of the molecule is CC(C)CCCCCCCP(=O)(Br)Br. The van der Waals surface area contributed by atoms with Gasteiger partial charge in [-0.25, -0.2) is 0 Å². The molecular weight excluding hydrogens is 327 g/mol. The van der Waals surface area contributed by atoms with E-state index in [1.54, 1.807) is 0 Å². The predicted molar refractivity (Wildman–Crippen MR) is 72.9 cm³/mol. The van der Waals surface area contributed by atoms with Crippen LogP contribution in [0.25, 0.3) is 0 Å². The average molecular weight is 348 g/mol. The predicted octanol–water partition coefficient (Wildman–Crippen LogP) is 5.97. The van der Waals surface area contributed by atoms with Crippen molar-refractivity contribution in [2.45, 2.75) is 52.4 Å². The first-order valence-corrected chi connectivity index (χ1v) is 11.3. The second kappa shape index (κ2) is 8.35. The van der Waals surface area contributed by atoms with Crippen LogP contribution >= 0.6 is 35.5 Å². The number of rotatable bonds is 8. The highest BCUT2D eigenvalue weighted by atomic mass is 79.9. The standard InChI is InChI=1S/C10H21Br2OP/c1-10(2)8-6-4-3-5-7-9-14(11,12)13/h10H,3-9H2,1-2H3. The Morgan fingerprint density at radius 1 is 1.00 bits per heavy atom. The van der Waals surface area contributed by atoms with Gasteiger partial charge in [-0.15, -0.1) is 0 Å². The van der Waals surface area contributed by atoms with Gasteiger partial charge in [0.15, 0.2) is 0 Å². The van der Waals surface area contributed by atoms with Gasteiger partial charge in [-0.3, -0.25) is 4.57 Å². The second-order valence-corrected chi connectivity index (χ2v) is 15.6. The third-order valence-electron chi connectivity index (χ3n) is 2.20. The van der Waals surface area contributed by atoms with Crippen molar-refractivity contribution in [2.75, 3.05) is 6.16 Å². The first-order valence-electron chi connectivity index (χ1n) is 5.40. The molecule has 4 heteroatoms. The molecule has 0 aromatic rings. The van der Waals surface area contributed by atoms with Gasteiger partial charge in [0.1, 0.15) is 0 Å². The smallest absolute Gasteiger partial charge is 0.208 e. The fourth-order valence-corrected chi connectivity index (χ4v) is 3.48. The highest BCUT2D eigenvalue weighted by Crippen LogP contribution is 2.61. The van der Waals surface area contributed by atoms with Crippen LogP contribution in [0.2, 0.25) is 0 Å². The molecule has 0 atom stereocenters. The molecular formula is C10H21Br2OP. The lowest BCUT2D eigenvalue weighted by atomic mass is 10.0. The Morgan fingerprint density at radius 3 is 2.00 bits per heavy atom. The first kappa shape index (κ1) is 15.2. The molecule has 0 aromatic heterocycles. The summed E-state index contributed by atoms with van der Waals surface area (Å²) in [6, 6.07) is 0. The lowest BCUT2D eigenvalue weighted by Crippen LogP contribution is -1.87. The molecule has 0 radical (unpaired) electrons. The van der Waals surface area contributed by atoms with Crippen LogP contribution in [-0.2, 0) is 4.57 Å². The number of halogens is 2. The first-order chi connectivity index (χ1) is 6.42. The monoisotopic (exact) mass is 346 g/mol. The van der Waals surface area contributed by atoms with Crippen LogP contribution in [0, 0.1) is 5.92 Å². The van der Waals surface area contributed by atoms with Gasteiger partial charge >= 0.3 is 0 Å². The number of hydrogen-bond acceptors (Lipinski definition) is 1. The van der Waals surface area contributed by atoms with Gasteiger partial charge in [0, 0.05) is 6.16 Å². The minimum Gasteiger partial charge on any atom is -0.300 e. The lowest BCUT2D eigenvalue weighted by Gasteiger charge is -2.04. The summed E-state index contributed by atoms with van der Waals surface area (Å²) in [6.45, 7) is 4.54. The molecule has 86 valence electrons. The normalized spacial score (nSPS) is 12.4. The molecule has 0 rings (SSSR count). The highest BCUT2D eigenvalue weighted by molar-refractivity contribution is 9.70. The molecule has 0 unspecified atom stereocenters. The van der Waals surface area contributed by atoms with E-state index in [-0.39, 0.29) is 0 Å². The van der Waals surface area contributed by atoms with E-state index < -0.39 is 4.55 Å². The molecule has 1 nitrogen and oxygen atoms in total. The molecule has 0 saturated heterocycles. The number of unbranched alkanes of at least 4 members (excludes halogenated alkanes) is 4. The van der Waals surface area contributed by atoms with Gasteiger partial charge in [-0.05, 0) is 43.3 Å². The fraction of sp³-hybridized carbons (Fsp3) is 1.00. The zero-order valence-electron chi connectivity index (χ0n) is 9.14. The van der Waals surface area contributed by atoms with E-state index in [1.807, 2.05) is 0 Å². The maximum atomic E-state index is 11.2. The van der Waals surface area contributed by atoms with Crippen LogP contribution in [0.5, 0.6) is 0 Å². The summed E-state index contributed by atoms with van der Waals surface area (Å²) in [7, 11) is 0. The van der Waals surface area contributed by atoms with E-state index >= 15 is 0 Å². The highest BCUT2D eigenvalue weighted by Gasteiger charge is 2.10. The van der Waals surface area contributed by atoms with Gasteiger partial charge in [0.25, 0.3) is 0 Å². The van der Waals surface area contributed by atoms with Gasteiger partial charge < -0.3 is 0 Å². The fourth-order valence-electron chi connectivity index (χ4n) is 1.38. The average Bonchev–Trinajstić information content (AvgIpc) is 2.00. The van der Waals surface area contributed by atoms with E-state index in [1.165, 1.54) is 32.1 Å². The Kier molecular flexibility index (Phi) is 9.06. The Labute approximate surface area is 104 Å². The molecule has 14 heavy (non-hydrogen) atoms. The van der Waals surface area contributed by atoms with Crippen molar-refractivity contribution in [1.29, 1.82) is 0 Å². The minimum atomic E-state index is -2.11. The minimum absolute atomic E-state index is 0.775. The van der Waals surface area contributed by atoms with E-state index in [9.17, 15) is 4.57 Å². The Morgan fingerprint density at radius 2 is 1.50 bits per heavy atom. The van der Waals surface area contributed by atoms with Crippen LogP contribution in [-0.4, -0.2) is 6.16 Å². The van der Waals surface area contributed by atoms with Gasteiger partial charge in [-0.2, -0.15) is 0 Å². The third kappa shape index (κ3) is 13.2. The molecule has 0 amide bonds. The molecule has 0 aliphatic heterocycles. The van der Waals surface area contributed by atoms with E-state index in [0.29, 0.717) is 0 Å². The largest absolute Gasteiger partial charge is 0.300 e. The van der Waals surface area contributed by atoms with Crippen molar-refractivity contribution < 1.29 is 4.57 Å². The summed E-state index contributed by atoms with van der Waals surface area (Å²) < 4.78 is 9.11. The number of hydrogen-bond donors (Lipinski definition) is 0. The van der Waals surface area contributed by atoms with Crippen LogP contribution in [0.1, 0.15) is 52.4 Å². The molecule has 0 saturated carbocycles. The summed E-state index contributed by atoms with van der Waals surface area (Å²) in [6.07, 6.45) is 8.35. The van der Waals surface area contributed by atoms with Crippen LogP contribution in [0.15, 0.2) is 0 Å². The summed E-state index contributed by atoms with van der Waals surface area (Å²) in [5.74, 6) is 0.834. The van der Waals surface area contributed by atoms with Crippen molar-refractivity contribution in [2.24, 2.45) is 5.92 Å². The summed E-state index contributed by atoms with van der Waals surface area (Å²) in [5.41, 5.74) is 0. The molecule has 0 aliphatic carbocycles.